The van der Waals surface area contributed by atoms with Crippen LogP contribution in [0.3, 0.4) is 0 Å². The van der Waals surface area contributed by atoms with Crippen LogP contribution in [0.25, 0.3) is 11.1 Å². The van der Waals surface area contributed by atoms with Crippen molar-refractivity contribution in [2.75, 3.05) is 18.0 Å². The van der Waals surface area contributed by atoms with Crippen molar-refractivity contribution in [3.8, 4) is 11.1 Å². The first-order valence-corrected chi connectivity index (χ1v) is 10.7. The van der Waals surface area contributed by atoms with Gasteiger partial charge in [-0.2, -0.15) is 5.10 Å². The fraction of sp³-hybridized carbons (Fsp3) is 0.280. The molecule has 31 heavy (non-hydrogen) atoms. The number of carbonyl (C=O) groups is 2. The van der Waals surface area contributed by atoms with Crippen LogP contribution in [0, 0.1) is 0 Å². The SMILES string of the molecule is CCCC[C@H]1CN(c2cccc(-c3ccccc3)c2)C(=O)CN1C(=O)c1cccnn1. The van der Waals surface area contributed by atoms with Gasteiger partial charge in [-0.3, -0.25) is 9.59 Å². The van der Waals surface area contributed by atoms with E-state index in [1.165, 1.54) is 6.20 Å². The first kappa shape index (κ1) is 20.7. The molecule has 0 spiro atoms. The first-order chi connectivity index (χ1) is 15.2. The van der Waals surface area contributed by atoms with Crippen molar-refractivity contribution in [3.05, 3.63) is 78.6 Å². The molecule has 1 fully saturated rings. The van der Waals surface area contributed by atoms with E-state index >= 15 is 0 Å². The van der Waals surface area contributed by atoms with Gasteiger partial charge in [0.2, 0.25) is 5.91 Å². The summed E-state index contributed by atoms with van der Waals surface area (Å²) in [4.78, 5) is 29.6. The highest BCUT2D eigenvalue weighted by atomic mass is 16.2. The Bertz CT molecular complexity index is 1040. The minimum absolute atomic E-state index is 0.0410. The Morgan fingerprint density at radius 2 is 1.84 bits per heavy atom. The predicted molar refractivity (Wildman–Crippen MR) is 121 cm³/mol. The molecule has 1 atom stereocenters. The second-order valence-corrected chi connectivity index (χ2v) is 7.76. The van der Waals surface area contributed by atoms with Crippen molar-refractivity contribution in [2.45, 2.75) is 32.2 Å². The van der Waals surface area contributed by atoms with E-state index in [2.05, 4.69) is 29.3 Å². The number of hydrogen-bond donors (Lipinski definition) is 0. The second kappa shape index (κ2) is 9.51. The minimum atomic E-state index is -0.236. The molecule has 1 aliphatic rings. The summed E-state index contributed by atoms with van der Waals surface area (Å²) in [7, 11) is 0. The monoisotopic (exact) mass is 414 g/mol. The average Bonchev–Trinajstić information content (AvgIpc) is 2.84. The largest absolute Gasteiger partial charge is 0.323 e. The van der Waals surface area contributed by atoms with Gasteiger partial charge in [-0.05, 0) is 41.8 Å². The molecule has 0 aliphatic carbocycles. The van der Waals surface area contributed by atoms with Gasteiger partial charge in [0.25, 0.3) is 5.91 Å². The number of nitrogens with zero attached hydrogens (tertiary/aromatic N) is 4. The number of rotatable bonds is 6. The van der Waals surface area contributed by atoms with Gasteiger partial charge in [-0.1, -0.05) is 62.2 Å². The molecule has 2 heterocycles. The molecule has 6 heteroatoms. The molecule has 0 saturated carbocycles. The molecule has 4 rings (SSSR count). The Morgan fingerprint density at radius 3 is 2.58 bits per heavy atom. The van der Waals surface area contributed by atoms with Crippen LogP contribution in [0.4, 0.5) is 5.69 Å². The summed E-state index contributed by atoms with van der Waals surface area (Å²) in [5, 5.41) is 7.76. The Kier molecular flexibility index (Phi) is 6.36. The van der Waals surface area contributed by atoms with Gasteiger partial charge < -0.3 is 9.80 Å². The van der Waals surface area contributed by atoms with Gasteiger partial charge in [0.05, 0.1) is 6.04 Å². The van der Waals surface area contributed by atoms with Gasteiger partial charge in [0.1, 0.15) is 6.54 Å². The van der Waals surface area contributed by atoms with Crippen LogP contribution in [0.5, 0.6) is 0 Å². The Balaban J connectivity index is 1.60. The lowest BCUT2D eigenvalue weighted by molar-refractivity contribution is -0.121. The summed E-state index contributed by atoms with van der Waals surface area (Å²) in [6, 6.07) is 21.4. The lowest BCUT2D eigenvalue weighted by Crippen LogP contribution is -2.58. The second-order valence-electron chi connectivity index (χ2n) is 7.76. The van der Waals surface area contributed by atoms with Crippen molar-refractivity contribution < 1.29 is 9.59 Å². The Hall–Kier alpha value is -3.54. The van der Waals surface area contributed by atoms with Crippen LogP contribution in [0.1, 0.15) is 36.7 Å². The topological polar surface area (TPSA) is 66.4 Å². The molecule has 2 aromatic carbocycles. The standard InChI is InChI=1S/C25H26N4O2/c1-2-3-12-22-17-28(21-13-7-11-20(16-21)19-9-5-4-6-10-19)24(30)18-29(22)25(31)23-14-8-15-26-27-23/h4-11,13-16,22H,2-3,12,17-18H2,1H3/t22-/m0/s1. The molecule has 0 bridgehead atoms. The van der Waals surface area contributed by atoms with E-state index in [0.717, 1.165) is 36.1 Å². The van der Waals surface area contributed by atoms with Gasteiger partial charge in [0.15, 0.2) is 5.69 Å². The highest BCUT2D eigenvalue weighted by Gasteiger charge is 2.36. The Morgan fingerprint density at radius 1 is 1.03 bits per heavy atom. The van der Waals surface area contributed by atoms with E-state index in [4.69, 9.17) is 0 Å². The smallest absolute Gasteiger partial charge is 0.275 e. The summed E-state index contributed by atoms with van der Waals surface area (Å²) in [6.07, 6.45) is 4.39. The molecular formula is C25H26N4O2. The maximum Gasteiger partial charge on any atom is 0.275 e. The third-order valence-corrected chi connectivity index (χ3v) is 5.65. The molecule has 0 N–H and O–H groups in total. The molecule has 1 aliphatic heterocycles. The van der Waals surface area contributed by atoms with Crippen molar-refractivity contribution in [3.63, 3.8) is 0 Å². The number of benzene rings is 2. The maximum absolute atomic E-state index is 13.1. The predicted octanol–water partition coefficient (Wildman–Crippen LogP) is 4.19. The minimum Gasteiger partial charge on any atom is -0.323 e. The van der Waals surface area contributed by atoms with Crippen molar-refractivity contribution >= 4 is 17.5 Å². The van der Waals surface area contributed by atoms with Crippen LogP contribution in [-0.2, 0) is 4.79 Å². The van der Waals surface area contributed by atoms with Gasteiger partial charge in [0, 0.05) is 18.4 Å². The molecule has 158 valence electrons. The van der Waals surface area contributed by atoms with E-state index in [1.807, 2.05) is 47.4 Å². The van der Waals surface area contributed by atoms with Gasteiger partial charge in [-0.15, -0.1) is 5.10 Å². The molecular weight excluding hydrogens is 388 g/mol. The summed E-state index contributed by atoms with van der Waals surface area (Å²) >= 11 is 0. The van der Waals surface area contributed by atoms with Gasteiger partial charge >= 0.3 is 0 Å². The van der Waals surface area contributed by atoms with E-state index in [-0.39, 0.29) is 30.1 Å². The zero-order valence-corrected chi connectivity index (χ0v) is 17.6. The van der Waals surface area contributed by atoms with E-state index < -0.39 is 0 Å². The summed E-state index contributed by atoms with van der Waals surface area (Å²) in [5.41, 5.74) is 3.31. The average molecular weight is 415 g/mol. The summed E-state index contributed by atoms with van der Waals surface area (Å²) < 4.78 is 0. The molecule has 1 aromatic heterocycles. The van der Waals surface area contributed by atoms with Crippen LogP contribution >= 0.6 is 0 Å². The molecule has 1 saturated heterocycles. The molecule has 0 unspecified atom stereocenters. The lowest BCUT2D eigenvalue weighted by atomic mass is 10.0. The van der Waals surface area contributed by atoms with E-state index in [9.17, 15) is 9.59 Å². The zero-order chi connectivity index (χ0) is 21.6. The summed E-state index contributed by atoms with van der Waals surface area (Å²) in [5.74, 6) is -0.324. The number of anilines is 1. The molecule has 2 amide bonds. The quantitative estimate of drug-likeness (QED) is 0.607. The van der Waals surface area contributed by atoms with Crippen LogP contribution in [-0.4, -0.2) is 46.0 Å². The maximum atomic E-state index is 13.1. The zero-order valence-electron chi connectivity index (χ0n) is 17.6. The van der Waals surface area contributed by atoms with Crippen molar-refractivity contribution in [2.24, 2.45) is 0 Å². The highest BCUT2D eigenvalue weighted by molar-refractivity contribution is 6.01. The highest BCUT2D eigenvalue weighted by Crippen LogP contribution is 2.28. The van der Waals surface area contributed by atoms with Crippen LogP contribution in [0.15, 0.2) is 72.9 Å². The van der Waals surface area contributed by atoms with Crippen LogP contribution in [0.2, 0.25) is 0 Å². The molecule has 6 nitrogen and oxygen atoms in total. The molecule has 3 aromatic rings. The number of amides is 2. The van der Waals surface area contributed by atoms with E-state index in [1.54, 1.807) is 17.0 Å². The van der Waals surface area contributed by atoms with E-state index in [0.29, 0.717) is 6.54 Å². The lowest BCUT2D eigenvalue weighted by Gasteiger charge is -2.41. The normalized spacial score (nSPS) is 16.4. The van der Waals surface area contributed by atoms with Crippen LogP contribution < -0.4 is 4.90 Å². The Labute approximate surface area is 182 Å². The summed E-state index contributed by atoms with van der Waals surface area (Å²) in [6.45, 7) is 2.65. The number of unbranched alkanes of at least 4 members (excludes halogenated alkanes) is 1. The molecule has 0 radical (unpaired) electrons. The fourth-order valence-electron chi connectivity index (χ4n) is 3.99. The third-order valence-electron chi connectivity index (χ3n) is 5.65. The fourth-order valence-corrected chi connectivity index (χ4v) is 3.99. The van der Waals surface area contributed by atoms with Crippen molar-refractivity contribution in [1.82, 2.24) is 15.1 Å². The first-order valence-electron chi connectivity index (χ1n) is 10.7. The van der Waals surface area contributed by atoms with Gasteiger partial charge in [-0.25, -0.2) is 0 Å². The number of piperazine rings is 1. The number of carbonyl (C=O) groups excluding carboxylic acids is 2. The van der Waals surface area contributed by atoms with Crippen molar-refractivity contribution in [1.29, 1.82) is 0 Å². The number of aromatic nitrogens is 2. The number of hydrogen-bond acceptors (Lipinski definition) is 4. The third kappa shape index (κ3) is 4.63.